The summed E-state index contributed by atoms with van der Waals surface area (Å²) in [5.74, 6) is -6.87. The van der Waals surface area contributed by atoms with Crippen molar-refractivity contribution in [2.24, 2.45) is 5.73 Å². The molecule has 6 saturated heterocycles. The van der Waals surface area contributed by atoms with E-state index in [1.807, 2.05) is 0 Å². The van der Waals surface area contributed by atoms with E-state index in [4.69, 9.17) is 10.8 Å². The Labute approximate surface area is 356 Å². The monoisotopic (exact) mass is 876 g/mol. The summed E-state index contributed by atoms with van der Waals surface area (Å²) in [5, 5.41) is 47.4. The van der Waals surface area contributed by atoms with E-state index in [0.29, 0.717) is 32.2 Å². The minimum atomic E-state index is -1.29. The van der Waals surface area contributed by atoms with Gasteiger partial charge in [-0.15, -0.1) is 0 Å². The van der Waals surface area contributed by atoms with Crippen LogP contribution in [0.4, 0.5) is 0 Å². The molecule has 9 N–H and O–H groups in total. The largest absolute Gasteiger partial charge is 0.480 e. The maximum absolute atomic E-state index is 14.0. The number of nitrogens with zero attached hydrogens (tertiary/aromatic N) is 6. The first-order valence-electron chi connectivity index (χ1n) is 21.1. The van der Waals surface area contributed by atoms with E-state index in [9.17, 15) is 63.3 Å². The SMILES string of the molecule is NCC(=O)N1CCC[C@H]1C(=O)N1C[C@H](O)C[C@H]1C(=O)NCC(=O)N1CCC[C@H]1C(=O)N1C[C@H](O)C[C@H]1C(=O)NCC(=O)N1CCC[C@H]1C(=O)N1C[C@H](O)C[C@H]1C(=O)NCC(=O)O. The van der Waals surface area contributed by atoms with Crippen molar-refractivity contribution in [1.29, 1.82) is 0 Å². The summed E-state index contributed by atoms with van der Waals surface area (Å²) in [6, 6.07) is -6.32. The Morgan fingerprint density at radius 3 is 1.06 bits per heavy atom. The summed E-state index contributed by atoms with van der Waals surface area (Å²) in [5.41, 5.74) is 5.51. The van der Waals surface area contributed by atoms with Crippen molar-refractivity contribution in [3.8, 4) is 0 Å². The molecule has 6 rings (SSSR count). The summed E-state index contributed by atoms with van der Waals surface area (Å²) in [6.07, 6.45) is -1.22. The molecule has 0 radical (unpaired) electrons. The molecule has 0 bridgehead atoms. The van der Waals surface area contributed by atoms with Gasteiger partial charge in [0.2, 0.25) is 53.2 Å². The van der Waals surface area contributed by atoms with Crippen LogP contribution in [0.25, 0.3) is 0 Å². The molecule has 0 spiro atoms. The molecule has 62 heavy (non-hydrogen) atoms. The quantitative estimate of drug-likeness (QED) is 0.0853. The van der Waals surface area contributed by atoms with E-state index in [1.54, 1.807) is 0 Å². The van der Waals surface area contributed by atoms with E-state index in [2.05, 4.69) is 16.0 Å². The zero-order chi connectivity index (χ0) is 45.0. The maximum atomic E-state index is 14.0. The van der Waals surface area contributed by atoms with Crippen LogP contribution >= 0.6 is 0 Å². The molecule has 0 aromatic rings. The van der Waals surface area contributed by atoms with Crippen LogP contribution in [-0.4, -0.2) is 229 Å². The van der Waals surface area contributed by atoms with Crippen molar-refractivity contribution >= 4 is 59.1 Å². The average molecular weight is 877 g/mol. The number of β-amino-alcohol motifs (C(OH)–C–C–N with tert-alkyl or cyclic N) is 3. The number of carbonyl (C=O) groups is 10. The second-order valence-electron chi connectivity index (χ2n) is 16.7. The van der Waals surface area contributed by atoms with Gasteiger partial charge in [0.05, 0.1) is 37.9 Å². The van der Waals surface area contributed by atoms with E-state index in [-0.39, 0.29) is 71.4 Å². The summed E-state index contributed by atoms with van der Waals surface area (Å²) < 4.78 is 0. The smallest absolute Gasteiger partial charge is 0.322 e. The van der Waals surface area contributed by atoms with Gasteiger partial charge in [-0.3, -0.25) is 47.9 Å². The predicted molar refractivity (Wildman–Crippen MR) is 208 cm³/mol. The average Bonchev–Trinajstić information content (AvgIpc) is 4.11. The first kappa shape index (κ1) is 46.1. The third-order valence-electron chi connectivity index (χ3n) is 12.6. The van der Waals surface area contributed by atoms with Gasteiger partial charge in [-0.05, 0) is 38.5 Å². The summed E-state index contributed by atoms with van der Waals surface area (Å²) in [4.78, 5) is 138. The van der Waals surface area contributed by atoms with Crippen LogP contribution in [0.2, 0.25) is 0 Å². The molecule has 6 aliphatic heterocycles. The van der Waals surface area contributed by atoms with Gasteiger partial charge >= 0.3 is 5.97 Å². The number of aliphatic carboxylic acids is 1. The molecule has 0 aromatic heterocycles. The Hall–Kier alpha value is -5.46. The number of hydrogen-bond donors (Lipinski definition) is 8. The normalized spacial score (nSPS) is 29.6. The maximum Gasteiger partial charge on any atom is 0.322 e. The summed E-state index contributed by atoms with van der Waals surface area (Å²) in [6.45, 7) is -1.97. The fourth-order valence-electron chi connectivity index (χ4n) is 9.62. The van der Waals surface area contributed by atoms with Crippen molar-refractivity contribution in [2.45, 2.75) is 112 Å². The molecular formula is C38H56N10O14. The highest BCUT2D eigenvalue weighted by atomic mass is 16.4. The number of aliphatic hydroxyl groups excluding tert-OH is 3. The van der Waals surface area contributed by atoms with E-state index in [1.165, 1.54) is 19.6 Å². The Morgan fingerprint density at radius 1 is 0.452 bits per heavy atom. The van der Waals surface area contributed by atoms with Crippen LogP contribution in [0.1, 0.15) is 57.8 Å². The molecular weight excluding hydrogens is 820 g/mol. The second kappa shape index (κ2) is 19.7. The number of rotatable bonds is 13. The molecule has 0 unspecified atom stereocenters. The van der Waals surface area contributed by atoms with Gasteiger partial charge in [-0.1, -0.05) is 0 Å². The fraction of sp³-hybridized carbons (Fsp3) is 0.737. The van der Waals surface area contributed by atoms with Crippen molar-refractivity contribution in [2.75, 3.05) is 65.4 Å². The van der Waals surface area contributed by atoms with Gasteiger partial charge < -0.3 is 71.5 Å². The van der Waals surface area contributed by atoms with Crippen LogP contribution < -0.4 is 21.7 Å². The Kier molecular flexibility index (Phi) is 14.6. The van der Waals surface area contributed by atoms with Gasteiger partial charge in [0.1, 0.15) is 42.8 Å². The summed E-state index contributed by atoms with van der Waals surface area (Å²) in [7, 11) is 0. The highest BCUT2D eigenvalue weighted by Gasteiger charge is 2.48. The van der Waals surface area contributed by atoms with Gasteiger partial charge in [-0.2, -0.15) is 0 Å². The lowest BCUT2D eigenvalue weighted by Gasteiger charge is -2.32. The van der Waals surface area contributed by atoms with Crippen LogP contribution in [-0.2, 0) is 47.9 Å². The van der Waals surface area contributed by atoms with Gasteiger partial charge in [0.15, 0.2) is 0 Å². The molecule has 6 fully saturated rings. The Bertz CT molecular complexity index is 1820. The number of carbonyl (C=O) groups excluding carboxylic acids is 9. The lowest BCUT2D eigenvalue weighted by molar-refractivity contribution is -0.148. The number of carboxylic acid groups (broad SMARTS) is 1. The van der Waals surface area contributed by atoms with E-state index in [0.717, 1.165) is 9.80 Å². The zero-order valence-corrected chi connectivity index (χ0v) is 34.3. The molecule has 24 nitrogen and oxygen atoms in total. The standard InChI is InChI=1S/C38H56N10O14/c39-13-29(52)43-7-1-4-23(43)36(60)46-17-20(49)10-26(46)33(57)40-14-30(53)44-8-2-5-24(44)37(61)47-18-21(50)11-27(47)34(58)41-15-31(54)45-9-3-6-25(45)38(62)48-19-22(51)12-28(48)35(59)42-16-32(55)56/h20-28,49-51H,1-19,39H2,(H,40,57)(H,41,58)(H,42,59)(H,55,56)/t20-,21-,22-,23+,24+,25+,26+,27+,28+/m1/s1. The highest BCUT2D eigenvalue weighted by Crippen LogP contribution is 2.29. The lowest BCUT2D eigenvalue weighted by Crippen LogP contribution is -2.56. The van der Waals surface area contributed by atoms with Crippen molar-refractivity contribution in [3.05, 3.63) is 0 Å². The van der Waals surface area contributed by atoms with Gasteiger partial charge in [-0.25, -0.2) is 0 Å². The Morgan fingerprint density at radius 2 is 0.758 bits per heavy atom. The fourth-order valence-corrected chi connectivity index (χ4v) is 9.62. The number of carboxylic acids is 1. The number of hydrogen-bond acceptors (Lipinski definition) is 14. The number of aliphatic hydroxyl groups is 3. The van der Waals surface area contributed by atoms with E-state index >= 15 is 0 Å². The lowest BCUT2D eigenvalue weighted by atomic mass is 10.1. The Balaban J connectivity index is 1.02. The first-order chi connectivity index (χ1) is 29.5. The van der Waals surface area contributed by atoms with Crippen LogP contribution in [0, 0.1) is 0 Å². The van der Waals surface area contributed by atoms with Crippen molar-refractivity contribution in [3.63, 3.8) is 0 Å². The molecule has 0 aliphatic carbocycles. The topological polar surface area (TPSA) is 333 Å². The zero-order valence-electron chi connectivity index (χ0n) is 34.3. The molecule has 6 heterocycles. The highest BCUT2D eigenvalue weighted by molar-refractivity contribution is 5.98. The van der Waals surface area contributed by atoms with Gasteiger partial charge in [0.25, 0.3) is 0 Å². The minimum Gasteiger partial charge on any atom is -0.480 e. The third kappa shape index (κ3) is 9.92. The molecule has 24 heteroatoms. The molecule has 342 valence electrons. The number of likely N-dealkylation sites (tertiary alicyclic amines) is 6. The number of amides is 9. The van der Waals surface area contributed by atoms with Crippen molar-refractivity contribution < 1.29 is 68.4 Å². The number of nitrogens with one attached hydrogen (secondary N) is 3. The summed E-state index contributed by atoms with van der Waals surface area (Å²) >= 11 is 0. The minimum absolute atomic E-state index is 0.0844. The van der Waals surface area contributed by atoms with Crippen molar-refractivity contribution in [1.82, 2.24) is 45.3 Å². The molecule has 0 aromatic carbocycles. The molecule has 0 saturated carbocycles. The first-order valence-corrected chi connectivity index (χ1v) is 21.1. The van der Waals surface area contributed by atoms with E-state index < -0.39 is 133 Å². The van der Waals surface area contributed by atoms with Crippen LogP contribution in [0.15, 0.2) is 0 Å². The predicted octanol–water partition coefficient (Wildman–Crippen LogP) is -6.76. The van der Waals surface area contributed by atoms with Gasteiger partial charge in [0, 0.05) is 58.5 Å². The molecule has 6 aliphatic rings. The molecule has 9 atom stereocenters. The molecule has 9 amide bonds. The second-order valence-corrected chi connectivity index (χ2v) is 16.7. The third-order valence-corrected chi connectivity index (χ3v) is 12.6. The van der Waals surface area contributed by atoms with Crippen LogP contribution in [0.3, 0.4) is 0 Å². The number of nitrogens with two attached hydrogens (primary N) is 1. The van der Waals surface area contributed by atoms with Crippen LogP contribution in [0.5, 0.6) is 0 Å².